The fourth-order valence-electron chi connectivity index (χ4n) is 3.87. The summed E-state index contributed by atoms with van der Waals surface area (Å²) in [5.41, 5.74) is 4.42. The molecule has 4 rings (SSSR count). The number of carbonyl (C=O) groups is 1. The van der Waals surface area contributed by atoms with E-state index >= 15 is 0 Å². The predicted octanol–water partition coefficient (Wildman–Crippen LogP) is 6.24. The Labute approximate surface area is 185 Å². The molecule has 2 aromatic carbocycles. The molecule has 0 fully saturated rings. The van der Waals surface area contributed by atoms with Crippen molar-refractivity contribution in [3.8, 4) is 11.3 Å². The molecule has 0 unspecified atom stereocenters. The van der Waals surface area contributed by atoms with Crippen LogP contribution in [0.3, 0.4) is 0 Å². The first-order valence-corrected chi connectivity index (χ1v) is 11.3. The Morgan fingerprint density at radius 1 is 1.03 bits per heavy atom. The summed E-state index contributed by atoms with van der Waals surface area (Å²) in [6.45, 7) is 7.10. The molecule has 6 heteroatoms. The van der Waals surface area contributed by atoms with Crippen LogP contribution in [-0.2, 0) is 6.54 Å². The van der Waals surface area contributed by atoms with Gasteiger partial charge in [0.05, 0.1) is 5.75 Å². The molecule has 4 nitrogen and oxygen atoms in total. The van der Waals surface area contributed by atoms with Crippen molar-refractivity contribution in [2.45, 2.75) is 38.8 Å². The maximum atomic E-state index is 13.3. The molecule has 0 atom stereocenters. The van der Waals surface area contributed by atoms with Crippen molar-refractivity contribution >= 4 is 28.3 Å². The summed E-state index contributed by atoms with van der Waals surface area (Å²) in [6.07, 6.45) is 1.03. The van der Waals surface area contributed by atoms with Crippen LogP contribution in [-0.4, -0.2) is 26.3 Å². The van der Waals surface area contributed by atoms with Crippen molar-refractivity contribution in [3.05, 3.63) is 77.4 Å². The lowest BCUT2D eigenvalue weighted by molar-refractivity contribution is 0.102. The normalized spacial score (nSPS) is 11.2. The smallest absolute Gasteiger partial charge is 0.174 e. The van der Waals surface area contributed by atoms with Gasteiger partial charge in [0.2, 0.25) is 0 Å². The van der Waals surface area contributed by atoms with Gasteiger partial charge in [-0.05, 0) is 50.6 Å². The van der Waals surface area contributed by atoms with Crippen molar-refractivity contribution in [2.24, 2.45) is 0 Å². The third kappa shape index (κ3) is 4.26. The molecule has 0 N–H and O–H groups in total. The highest BCUT2D eigenvalue weighted by atomic mass is 32.2. The number of benzene rings is 2. The van der Waals surface area contributed by atoms with E-state index in [-0.39, 0.29) is 11.6 Å². The number of thioether (sulfide) groups is 1. The van der Waals surface area contributed by atoms with E-state index in [1.54, 1.807) is 12.1 Å². The van der Waals surface area contributed by atoms with Gasteiger partial charge in [-0.15, -0.1) is 10.2 Å². The Kier molecular flexibility index (Phi) is 6.18. The van der Waals surface area contributed by atoms with Crippen molar-refractivity contribution in [1.29, 1.82) is 0 Å². The number of carbonyl (C=O) groups excluding carboxylic acids is 1. The number of fused-ring (bicyclic) bond motifs is 1. The van der Waals surface area contributed by atoms with Gasteiger partial charge in [-0.25, -0.2) is 4.39 Å². The maximum Gasteiger partial charge on any atom is 0.174 e. The van der Waals surface area contributed by atoms with Gasteiger partial charge in [0.15, 0.2) is 5.78 Å². The molecule has 0 aliphatic carbocycles. The molecule has 2 aromatic heterocycles. The number of ketones is 1. The summed E-state index contributed by atoms with van der Waals surface area (Å²) in [7, 11) is 0. The van der Waals surface area contributed by atoms with E-state index in [2.05, 4.69) is 21.7 Å². The van der Waals surface area contributed by atoms with E-state index in [0.717, 1.165) is 51.3 Å². The second-order valence-corrected chi connectivity index (χ2v) is 8.52. The Balaban J connectivity index is 1.61. The molecule has 31 heavy (non-hydrogen) atoms. The second-order valence-electron chi connectivity index (χ2n) is 7.55. The maximum absolute atomic E-state index is 13.3. The average molecular weight is 434 g/mol. The monoisotopic (exact) mass is 433 g/mol. The average Bonchev–Trinajstić information content (AvgIpc) is 3.06. The van der Waals surface area contributed by atoms with E-state index in [9.17, 15) is 9.18 Å². The topological polar surface area (TPSA) is 47.8 Å². The lowest BCUT2D eigenvalue weighted by Crippen LogP contribution is -2.07. The minimum atomic E-state index is -0.287. The first-order chi connectivity index (χ1) is 15.0. The fourth-order valence-corrected chi connectivity index (χ4v) is 4.73. The van der Waals surface area contributed by atoms with E-state index in [0.29, 0.717) is 11.4 Å². The van der Waals surface area contributed by atoms with Crippen LogP contribution < -0.4 is 0 Å². The summed E-state index contributed by atoms with van der Waals surface area (Å²) in [4.78, 5) is 12.9. The fraction of sp³-hybridized carbons (Fsp3) is 0.240. The van der Waals surface area contributed by atoms with Gasteiger partial charge in [-0.1, -0.05) is 43.0 Å². The quantitative estimate of drug-likeness (QED) is 0.256. The van der Waals surface area contributed by atoms with Crippen molar-refractivity contribution in [1.82, 2.24) is 14.8 Å². The van der Waals surface area contributed by atoms with Gasteiger partial charge in [-0.2, -0.15) is 0 Å². The Hall–Kier alpha value is -2.99. The van der Waals surface area contributed by atoms with Gasteiger partial charge in [0.25, 0.3) is 0 Å². The van der Waals surface area contributed by atoms with E-state index in [1.165, 1.54) is 23.9 Å². The van der Waals surface area contributed by atoms with Crippen LogP contribution in [0.5, 0.6) is 0 Å². The van der Waals surface area contributed by atoms with Gasteiger partial charge in [-0.3, -0.25) is 4.79 Å². The number of Topliss-reactive ketones (excluding diaryl/α,β-unsaturated/α-hetero) is 1. The molecule has 0 saturated carbocycles. The first-order valence-electron chi connectivity index (χ1n) is 10.3. The van der Waals surface area contributed by atoms with E-state index in [1.807, 2.05) is 44.2 Å². The van der Waals surface area contributed by atoms with Crippen LogP contribution in [0.2, 0.25) is 0 Å². The van der Waals surface area contributed by atoms with Crippen LogP contribution >= 0.6 is 11.8 Å². The zero-order valence-electron chi connectivity index (χ0n) is 17.9. The molecular weight excluding hydrogens is 409 g/mol. The molecule has 0 aliphatic heterocycles. The van der Waals surface area contributed by atoms with Crippen LogP contribution in [0, 0.1) is 19.7 Å². The molecule has 0 aliphatic rings. The largest absolute Gasteiger partial charge is 0.348 e. The van der Waals surface area contributed by atoms with Crippen LogP contribution in [0.25, 0.3) is 22.0 Å². The van der Waals surface area contributed by atoms with Crippen LogP contribution in [0.1, 0.15) is 35.1 Å². The number of rotatable bonds is 7. The van der Waals surface area contributed by atoms with Crippen LogP contribution in [0.4, 0.5) is 4.39 Å². The molecule has 0 spiro atoms. The molecular formula is C25H24FN3OS. The number of hydrogen-bond acceptors (Lipinski definition) is 4. The SMILES string of the molecule is CCCn1c(C)cc(C(=O)CSc2nnc(-c3ccc(F)cc3)c3ccccc23)c1C. The summed E-state index contributed by atoms with van der Waals surface area (Å²) in [5.74, 6) is 0.101. The van der Waals surface area contributed by atoms with Gasteiger partial charge in [0.1, 0.15) is 16.5 Å². The number of nitrogens with zero attached hydrogens (tertiary/aromatic N) is 3. The van der Waals surface area contributed by atoms with Gasteiger partial charge in [0, 0.05) is 39.8 Å². The van der Waals surface area contributed by atoms with Gasteiger partial charge >= 0.3 is 0 Å². The number of halogens is 1. The molecule has 158 valence electrons. The number of hydrogen-bond donors (Lipinski definition) is 0. The minimum absolute atomic E-state index is 0.0916. The van der Waals surface area contributed by atoms with E-state index < -0.39 is 0 Å². The predicted molar refractivity (Wildman–Crippen MR) is 124 cm³/mol. The highest BCUT2D eigenvalue weighted by Gasteiger charge is 2.17. The minimum Gasteiger partial charge on any atom is -0.348 e. The highest BCUT2D eigenvalue weighted by Crippen LogP contribution is 2.32. The van der Waals surface area contributed by atoms with Crippen molar-refractivity contribution < 1.29 is 9.18 Å². The number of aromatic nitrogens is 3. The standard InChI is InChI=1S/C25H24FN3OS/c1-4-13-29-16(2)14-22(17(29)3)23(30)15-31-25-21-8-6-5-7-20(21)24(27-28-25)18-9-11-19(26)12-10-18/h5-12,14H,4,13,15H2,1-3H3. The third-order valence-corrected chi connectivity index (χ3v) is 6.41. The molecule has 0 amide bonds. The molecule has 0 saturated heterocycles. The Bertz CT molecular complexity index is 1250. The molecule has 4 aromatic rings. The lowest BCUT2D eigenvalue weighted by atomic mass is 10.1. The Morgan fingerprint density at radius 3 is 2.45 bits per heavy atom. The zero-order valence-corrected chi connectivity index (χ0v) is 18.7. The zero-order chi connectivity index (χ0) is 22.0. The first kappa shape index (κ1) is 21.2. The number of aryl methyl sites for hydroxylation is 1. The van der Waals surface area contributed by atoms with Crippen LogP contribution in [0.15, 0.2) is 59.6 Å². The lowest BCUT2D eigenvalue weighted by Gasteiger charge is -2.09. The van der Waals surface area contributed by atoms with E-state index in [4.69, 9.17) is 0 Å². The van der Waals surface area contributed by atoms with Crippen molar-refractivity contribution in [2.75, 3.05) is 5.75 Å². The van der Waals surface area contributed by atoms with Crippen molar-refractivity contribution in [3.63, 3.8) is 0 Å². The van der Waals surface area contributed by atoms with Gasteiger partial charge < -0.3 is 4.57 Å². The third-order valence-electron chi connectivity index (χ3n) is 5.43. The second kappa shape index (κ2) is 9.02. The molecule has 0 bridgehead atoms. The summed E-state index contributed by atoms with van der Waals surface area (Å²) < 4.78 is 15.5. The Morgan fingerprint density at radius 2 is 1.74 bits per heavy atom. The summed E-state index contributed by atoms with van der Waals surface area (Å²) in [6, 6.07) is 16.1. The molecule has 0 radical (unpaired) electrons. The highest BCUT2D eigenvalue weighted by molar-refractivity contribution is 8.00. The summed E-state index contributed by atoms with van der Waals surface area (Å²) >= 11 is 1.40. The molecule has 2 heterocycles. The summed E-state index contributed by atoms with van der Waals surface area (Å²) in [5, 5.41) is 11.4.